The molecule has 0 saturated heterocycles. The summed E-state index contributed by atoms with van der Waals surface area (Å²) in [6.07, 6.45) is 6.44. The van der Waals surface area contributed by atoms with Crippen molar-refractivity contribution < 1.29 is 0 Å². The summed E-state index contributed by atoms with van der Waals surface area (Å²) in [6, 6.07) is 14.8. The first-order chi connectivity index (χ1) is 9.79. The van der Waals surface area contributed by atoms with E-state index in [1.54, 1.807) is 0 Å². The van der Waals surface area contributed by atoms with Crippen molar-refractivity contribution in [3.63, 3.8) is 0 Å². The van der Waals surface area contributed by atoms with Gasteiger partial charge >= 0.3 is 0 Å². The van der Waals surface area contributed by atoms with Gasteiger partial charge in [-0.2, -0.15) is 5.10 Å². The van der Waals surface area contributed by atoms with Gasteiger partial charge in [0.15, 0.2) is 0 Å². The van der Waals surface area contributed by atoms with Crippen molar-refractivity contribution >= 4 is 21.7 Å². The van der Waals surface area contributed by atoms with Crippen molar-refractivity contribution in [1.29, 1.82) is 0 Å². The van der Waals surface area contributed by atoms with Crippen LogP contribution in [0.2, 0.25) is 0 Å². The van der Waals surface area contributed by atoms with Crippen LogP contribution in [0, 0.1) is 0 Å². The summed E-state index contributed by atoms with van der Waals surface area (Å²) < 4.78 is 4.10. The lowest BCUT2D eigenvalue weighted by Crippen LogP contribution is -1.95. The van der Waals surface area contributed by atoms with Gasteiger partial charge in [-0.15, -0.1) is 0 Å². The molecular weight excluding hydrogens is 246 g/mol. The zero-order valence-electron chi connectivity index (χ0n) is 11.3. The van der Waals surface area contributed by atoms with Gasteiger partial charge in [0.2, 0.25) is 0 Å². The Labute approximate surface area is 117 Å². The van der Waals surface area contributed by atoms with E-state index >= 15 is 0 Å². The summed E-state index contributed by atoms with van der Waals surface area (Å²) in [5.74, 6) is 0. The van der Waals surface area contributed by atoms with Gasteiger partial charge in [-0.1, -0.05) is 42.5 Å². The molecule has 3 nitrogen and oxygen atoms in total. The van der Waals surface area contributed by atoms with Crippen molar-refractivity contribution in [2.45, 2.75) is 6.54 Å². The predicted molar refractivity (Wildman–Crippen MR) is 81.8 cm³/mol. The van der Waals surface area contributed by atoms with Gasteiger partial charge in [0.1, 0.15) is 5.52 Å². The molecule has 0 aliphatic heterocycles. The van der Waals surface area contributed by atoms with E-state index in [9.17, 15) is 0 Å². The van der Waals surface area contributed by atoms with Crippen LogP contribution in [0.1, 0.15) is 5.56 Å². The van der Waals surface area contributed by atoms with Crippen LogP contribution in [0.3, 0.4) is 0 Å². The molecule has 0 radical (unpaired) electrons. The fourth-order valence-electron chi connectivity index (χ4n) is 2.76. The van der Waals surface area contributed by atoms with Gasteiger partial charge in [0.05, 0.1) is 0 Å². The average Bonchev–Trinajstić information content (AvgIpc) is 3.01. The minimum absolute atomic E-state index is 0.893. The lowest BCUT2D eigenvalue weighted by molar-refractivity contribution is 0.780. The Morgan fingerprint density at radius 3 is 2.55 bits per heavy atom. The molecule has 20 heavy (non-hydrogen) atoms. The highest BCUT2D eigenvalue weighted by atomic mass is 15.2. The third-order valence-electron chi connectivity index (χ3n) is 3.67. The standard InChI is InChI=1S/C17H15N3/c1-19-10-15-8-7-14-11-20(12-16(14)17(15)18-19)9-13-5-3-2-4-6-13/h2-8,10-12H,9H2,1H3. The van der Waals surface area contributed by atoms with Crippen molar-refractivity contribution in [2.24, 2.45) is 7.05 Å². The Balaban J connectivity index is 1.84. The second-order valence-electron chi connectivity index (χ2n) is 5.23. The Hall–Kier alpha value is -2.55. The van der Waals surface area contributed by atoms with Gasteiger partial charge in [-0.25, -0.2) is 0 Å². The highest BCUT2D eigenvalue weighted by Crippen LogP contribution is 2.25. The Morgan fingerprint density at radius 2 is 1.70 bits per heavy atom. The minimum atomic E-state index is 0.893. The quantitative estimate of drug-likeness (QED) is 0.541. The van der Waals surface area contributed by atoms with Gasteiger partial charge in [0.25, 0.3) is 0 Å². The molecule has 4 aromatic rings. The molecule has 0 atom stereocenters. The lowest BCUT2D eigenvalue weighted by Gasteiger charge is -2.01. The summed E-state index contributed by atoms with van der Waals surface area (Å²) in [5, 5.41) is 8.22. The highest BCUT2D eigenvalue weighted by molar-refractivity contribution is 6.04. The Bertz CT molecular complexity index is 885. The van der Waals surface area contributed by atoms with Crippen molar-refractivity contribution in [3.05, 3.63) is 66.6 Å². The van der Waals surface area contributed by atoms with Crippen molar-refractivity contribution in [3.8, 4) is 0 Å². The van der Waals surface area contributed by atoms with Crippen LogP contribution in [-0.2, 0) is 13.6 Å². The predicted octanol–water partition coefficient (Wildman–Crippen LogP) is 3.58. The maximum absolute atomic E-state index is 4.57. The fraction of sp³-hybridized carbons (Fsp3) is 0.118. The normalized spacial score (nSPS) is 11.4. The van der Waals surface area contributed by atoms with E-state index in [0.29, 0.717) is 0 Å². The monoisotopic (exact) mass is 261 g/mol. The molecule has 0 spiro atoms. The van der Waals surface area contributed by atoms with E-state index in [-0.39, 0.29) is 0 Å². The van der Waals surface area contributed by atoms with Crippen LogP contribution in [0.5, 0.6) is 0 Å². The van der Waals surface area contributed by atoms with E-state index < -0.39 is 0 Å². The van der Waals surface area contributed by atoms with Gasteiger partial charge in [0, 0.05) is 48.3 Å². The second kappa shape index (κ2) is 4.23. The molecule has 98 valence electrons. The fourth-order valence-corrected chi connectivity index (χ4v) is 2.76. The first-order valence-corrected chi connectivity index (χ1v) is 6.75. The molecule has 0 fully saturated rings. The Kier molecular flexibility index (Phi) is 2.39. The number of fused-ring (bicyclic) bond motifs is 3. The molecule has 2 aromatic carbocycles. The zero-order chi connectivity index (χ0) is 13.5. The largest absolute Gasteiger partial charge is 0.349 e. The van der Waals surface area contributed by atoms with Crippen LogP contribution in [-0.4, -0.2) is 14.3 Å². The number of hydrogen-bond donors (Lipinski definition) is 0. The molecule has 2 aromatic heterocycles. The topological polar surface area (TPSA) is 22.8 Å². The summed E-state index contributed by atoms with van der Waals surface area (Å²) in [4.78, 5) is 0. The SMILES string of the molecule is Cn1cc2ccc3cn(Cc4ccccc4)cc3c2n1. The van der Waals surface area contributed by atoms with Crippen molar-refractivity contribution in [1.82, 2.24) is 14.3 Å². The zero-order valence-corrected chi connectivity index (χ0v) is 11.3. The number of aromatic nitrogens is 3. The summed E-state index contributed by atoms with van der Waals surface area (Å²) in [7, 11) is 1.97. The number of hydrogen-bond acceptors (Lipinski definition) is 1. The molecule has 3 heteroatoms. The number of benzene rings is 2. The van der Waals surface area contributed by atoms with Crippen LogP contribution in [0.25, 0.3) is 21.7 Å². The third-order valence-corrected chi connectivity index (χ3v) is 3.67. The first kappa shape index (κ1) is 11.3. The molecule has 0 aliphatic carbocycles. The maximum Gasteiger partial charge on any atom is 0.102 e. The molecule has 0 saturated carbocycles. The van der Waals surface area contributed by atoms with Gasteiger partial charge < -0.3 is 4.57 Å². The molecule has 0 amide bonds. The molecule has 0 bridgehead atoms. The van der Waals surface area contributed by atoms with Crippen LogP contribution in [0.15, 0.2) is 61.1 Å². The Morgan fingerprint density at radius 1 is 0.900 bits per heavy atom. The average molecular weight is 261 g/mol. The molecule has 2 heterocycles. The number of aryl methyl sites for hydroxylation is 1. The number of rotatable bonds is 2. The van der Waals surface area contributed by atoms with Crippen LogP contribution >= 0.6 is 0 Å². The summed E-state index contributed by atoms with van der Waals surface area (Å²) >= 11 is 0. The first-order valence-electron chi connectivity index (χ1n) is 6.75. The van der Waals surface area contributed by atoms with E-state index in [1.807, 2.05) is 17.8 Å². The summed E-state index contributed by atoms with van der Waals surface area (Å²) in [5.41, 5.74) is 2.39. The second-order valence-corrected chi connectivity index (χ2v) is 5.23. The van der Waals surface area contributed by atoms with Gasteiger partial charge in [-0.3, -0.25) is 4.68 Å². The maximum atomic E-state index is 4.57. The number of nitrogens with zero attached hydrogens (tertiary/aromatic N) is 3. The van der Waals surface area contributed by atoms with Crippen molar-refractivity contribution in [2.75, 3.05) is 0 Å². The molecule has 4 rings (SSSR count). The third kappa shape index (κ3) is 1.79. The van der Waals surface area contributed by atoms with Crippen LogP contribution in [0.4, 0.5) is 0 Å². The summed E-state index contributed by atoms with van der Waals surface area (Å²) in [6.45, 7) is 0.893. The molecule has 0 aliphatic rings. The molecule has 0 N–H and O–H groups in total. The van der Waals surface area contributed by atoms with E-state index in [2.05, 4.69) is 64.7 Å². The molecule has 0 unspecified atom stereocenters. The smallest absolute Gasteiger partial charge is 0.102 e. The lowest BCUT2D eigenvalue weighted by atomic mass is 10.2. The highest BCUT2D eigenvalue weighted by Gasteiger charge is 2.07. The minimum Gasteiger partial charge on any atom is -0.349 e. The van der Waals surface area contributed by atoms with Crippen LogP contribution < -0.4 is 0 Å². The van der Waals surface area contributed by atoms with Gasteiger partial charge in [-0.05, 0) is 5.56 Å². The van der Waals surface area contributed by atoms with E-state index in [1.165, 1.54) is 21.7 Å². The van der Waals surface area contributed by atoms with E-state index in [0.717, 1.165) is 12.1 Å². The molecular formula is C17H15N3. The van der Waals surface area contributed by atoms with E-state index in [4.69, 9.17) is 0 Å².